The van der Waals surface area contributed by atoms with Crippen molar-refractivity contribution in [3.05, 3.63) is 83.4 Å². The molecule has 0 bridgehead atoms. The molecule has 11 heteroatoms. The van der Waals surface area contributed by atoms with Gasteiger partial charge in [-0.1, -0.05) is 29.8 Å². The number of sulfonamides is 1. The molecule has 1 spiro atoms. The van der Waals surface area contributed by atoms with Crippen molar-refractivity contribution < 1.29 is 22.2 Å². The number of benzene rings is 2. The van der Waals surface area contributed by atoms with Crippen molar-refractivity contribution in [2.45, 2.75) is 94.1 Å². The van der Waals surface area contributed by atoms with E-state index in [9.17, 15) is 17.4 Å². The molecular weight excluding hydrogens is 666 g/mol. The molecule has 0 unspecified atom stereocenters. The Labute approximate surface area is 294 Å². The fraction of sp³-hybridized carbons (Fsp3) is 0.541. The number of nitrogens with zero attached hydrogens (tertiary/aromatic N) is 1. The Kier molecular flexibility index (Phi) is 11.2. The summed E-state index contributed by atoms with van der Waals surface area (Å²) in [4.78, 5) is 15.8. The third-order valence-electron chi connectivity index (χ3n) is 10.3. The number of fused-ring (bicyclic) bond motifs is 3. The summed E-state index contributed by atoms with van der Waals surface area (Å²) < 4.78 is 50.8. The number of nitrogens with one attached hydrogen (secondary N) is 2. The molecular formula is C37H50ClN3O5S2. The summed E-state index contributed by atoms with van der Waals surface area (Å²) in [5.41, 5.74) is 3.20. The zero-order valence-electron chi connectivity index (χ0n) is 28.6. The summed E-state index contributed by atoms with van der Waals surface area (Å²) in [6, 6.07) is 11.2. The van der Waals surface area contributed by atoms with Crippen LogP contribution in [0, 0.1) is 11.8 Å². The summed E-state index contributed by atoms with van der Waals surface area (Å²) in [5, 5.41) is -0.0211. The van der Waals surface area contributed by atoms with Gasteiger partial charge < -0.3 is 9.64 Å². The fourth-order valence-corrected chi connectivity index (χ4v) is 9.33. The lowest BCUT2D eigenvalue weighted by Crippen LogP contribution is -2.52. The van der Waals surface area contributed by atoms with E-state index in [1.54, 1.807) is 31.2 Å². The zero-order chi connectivity index (χ0) is 34.9. The number of anilines is 1. The van der Waals surface area contributed by atoms with E-state index in [1.165, 1.54) is 11.1 Å². The van der Waals surface area contributed by atoms with Gasteiger partial charge in [0.05, 0.1) is 33.3 Å². The zero-order valence-corrected chi connectivity index (χ0v) is 31.0. The summed E-state index contributed by atoms with van der Waals surface area (Å²) in [7, 11) is -5.12. The second-order valence-corrected chi connectivity index (χ2v) is 19.2. The number of carbonyl (C=O) groups excluding carboxylic acids is 1. The number of rotatable bonds is 12. The van der Waals surface area contributed by atoms with Crippen molar-refractivity contribution in [3.63, 3.8) is 0 Å². The quantitative estimate of drug-likeness (QED) is 0.233. The van der Waals surface area contributed by atoms with Crippen LogP contribution in [0.25, 0.3) is 0 Å². The molecule has 0 aromatic heterocycles. The number of allylic oxidation sites excluding steroid dienone is 1. The molecule has 1 saturated carbocycles. The molecule has 48 heavy (non-hydrogen) atoms. The number of amides is 1. The maximum absolute atomic E-state index is 13.4. The summed E-state index contributed by atoms with van der Waals surface area (Å²) in [6.45, 7) is 17.1. The summed E-state index contributed by atoms with van der Waals surface area (Å²) in [5.74, 6) is 0.512. The highest BCUT2D eigenvalue weighted by Crippen LogP contribution is 2.46. The molecule has 6 atom stereocenters. The predicted molar refractivity (Wildman–Crippen MR) is 197 cm³/mol. The van der Waals surface area contributed by atoms with Gasteiger partial charge in [0.15, 0.2) is 0 Å². The van der Waals surface area contributed by atoms with Gasteiger partial charge in [-0.25, -0.2) is 22.1 Å². The summed E-state index contributed by atoms with van der Waals surface area (Å²) in [6.07, 6.45) is 9.35. The SMILES string of the molecule is C=CCC[C@@H](C)S(=O)(=O)NC(=O)c1ccc2c(c1)N(C[C@@H]1CC[C@H]1[C@H](C=C)N[S@](=O)C(C)(C)C)C[C@@]1(CCCc3cc(Cl)ccc31)CO2. The minimum atomic E-state index is -3.88. The van der Waals surface area contributed by atoms with Crippen molar-refractivity contribution >= 4 is 44.2 Å². The lowest BCUT2D eigenvalue weighted by molar-refractivity contribution is 0.0981. The maximum Gasteiger partial charge on any atom is 0.264 e. The normalized spacial score (nSPS) is 24.1. The average molecular weight is 716 g/mol. The highest BCUT2D eigenvalue weighted by atomic mass is 35.5. The molecule has 2 aromatic carbocycles. The van der Waals surface area contributed by atoms with Crippen LogP contribution in [0.4, 0.5) is 5.69 Å². The van der Waals surface area contributed by atoms with Crippen LogP contribution < -0.4 is 19.1 Å². The molecule has 1 amide bonds. The van der Waals surface area contributed by atoms with Crippen molar-refractivity contribution in [2.24, 2.45) is 11.8 Å². The number of hydrogen-bond donors (Lipinski definition) is 2. The Morgan fingerprint density at radius 1 is 1.21 bits per heavy atom. The number of carbonyl (C=O) groups is 1. The van der Waals surface area contributed by atoms with Gasteiger partial charge in [-0.15, -0.1) is 13.2 Å². The molecule has 8 nitrogen and oxygen atoms in total. The largest absolute Gasteiger partial charge is 0.490 e. The van der Waals surface area contributed by atoms with E-state index in [0.29, 0.717) is 38.3 Å². The topological polar surface area (TPSA) is 105 Å². The molecule has 5 rings (SSSR count). The van der Waals surface area contributed by atoms with Crippen LogP contribution in [0.1, 0.15) is 87.7 Å². The Balaban J connectivity index is 1.48. The van der Waals surface area contributed by atoms with E-state index >= 15 is 0 Å². The Morgan fingerprint density at radius 2 is 1.98 bits per heavy atom. The second-order valence-electron chi connectivity index (χ2n) is 14.7. The van der Waals surface area contributed by atoms with Crippen LogP contribution in [-0.2, 0) is 32.8 Å². The third kappa shape index (κ3) is 7.87. The number of hydrogen-bond acceptors (Lipinski definition) is 6. The highest BCUT2D eigenvalue weighted by Gasteiger charge is 2.44. The first-order chi connectivity index (χ1) is 22.7. The van der Waals surface area contributed by atoms with Gasteiger partial charge in [-0.3, -0.25) is 4.79 Å². The third-order valence-corrected chi connectivity index (χ3v) is 13.9. The van der Waals surface area contributed by atoms with Gasteiger partial charge in [-0.05, 0) is 126 Å². The molecule has 1 aliphatic heterocycles. The van der Waals surface area contributed by atoms with E-state index < -0.39 is 36.9 Å². The van der Waals surface area contributed by atoms with Crippen LogP contribution in [0.3, 0.4) is 0 Å². The van der Waals surface area contributed by atoms with Gasteiger partial charge in [0, 0.05) is 35.1 Å². The number of halogens is 1. The molecule has 0 radical (unpaired) electrons. The molecule has 0 saturated heterocycles. The van der Waals surface area contributed by atoms with Crippen LogP contribution in [-0.4, -0.2) is 54.3 Å². The van der Waals surface area contributed by atoms with Gasteiger partial charge in [0.25, 0.3) is 5.91 Å². The molecule has 2 aliphatic carbocycles. The monoisotopic (exact) mass is 715 g/mol. The molecule has 1 heterocycles. The minimum Gasteiger partial charge on any atom is -0.490 e. The predicted octanol–water partition coefficient (Wildman–Crippen LogP) is 6.86. The molecule has 2 N–H and O–H groups in total. The Hall–Kier alpha value is -2.66. The first kappa shape index (κ1) is 36.6. The van der Waals surface area contributed by atoms with Crippen molar-refractivity contribution in [1.29, 1.82) is 0 Å². The lowest BCUT2D eigenvalue weighted by Gasteiger charge is -2.46. The first-order valence-electron chi connectivity index (χ1n) is 17.0. The van der Waals surface area contributed by atoms with Crippen LogP contribution in [0.5, 0.6) is 5.75 Å². The van der Waals surface area contributed by atoms with Crippen LogP contribution in [0.2, 0.25) is 5.02 Å². The van der Waals surface area contributed by atoms with Gasteiger partial charge in [0.1, 0.15) is 5.75 Å². The second kappa shape index (κ2) is 14.7. The summed E-state index contributed by atoms with van der Waals surface area (Å²) >= 11 is 6.43. The smallest absolute Gasteiger partial charge is 0.264 e. The van der Waals surface area contributed by atoms with E-state index in [1.807, 2.05) is 32.9 Å². The highest BCUT2D eigenvalue weighted by molar-refractivity contribution is 7.90. The van der Waals surface area contributed by atoms with Crippen molar-refractivity contribution in [3.8, 4) is 5.75 Å². The number of aryl methyl sites for hydroxylation is 1. The molecule has 262 valence electrons. The van der Waals surface area contributed by atoms with E-state index in [4.69, 9.17) is 16.3 Å². The van der Waals surface area contributed by atoms with Crippen molar-refractivity contribution in [2.75, 3.05) is 24.6 Å². The van der Waals surface area contributed by atoms with Gasteiger partial charge in [-0.2, -0.15) is 0 Å². The van der Waals surface area contributed by atoms with Gasteiger partial charge >= 0.3 is 0 Å². The fourth-order valence-electron chi connectivity index (χ4n) is 7.24. The van der Waals surface area contributed by atoms with Crippen molar-refractivity contribution in [1.82, 2.24) is 9.44 Å². The minimum absolute atomic E-state index is 0.108. The molecule has 1 fully saturated rings. The molecule has 3 aliphatic rings. The molecule has 2 aromatic rings. The van der Waals surface area contributed by atoms with E-state index in [0.717, 1.165) is 42.8 Å². The first-order valence-corrected chi connectivity index (χ1v) is 20.0. The average Bonchev–Trinajstić information content (AvgIpc) is 3.17. The lowest BCUT2D eigenvalue weighted by atomic mass is 9.68. The van der Waals surface area contributed by atoms with Crippen LogP contribution >= 0.6 is 11.6 Å². The Bertz CT molecular complexity index is 1670. The number of ether oxygens (including phenoxy) is 1. The van der Waals surface area contributed by atoms with E-state index in [-0.39, 0.29) is 28.9 Å². The van der Waals surface area contributed by atoms with Crippen LogP contribution in [0.15, 0.2) is 61.7 Å². The maximum atomic E-state index is 13.4. The van der Waals surface area contributed by atoms with E-state index in [2.05, 4.69) is 39.6 Å². The van der Waals surface area contributed by atoms with Gasteiger partial charge in [0.2, 0.25) is 10.0 Å². The standard InChI is InChI=1S/C37H50ClN3O5S2/c1-7-9-11-25(3)48(44,45)40-35(42)27-14-18-34-33(21-27)41(22-28-13-16-30(28)32(8-2)39-47(43)36(4,5)6)23-37(24-46-34)19-10-12-26-20-29(38)15-17-31(26)37/h7-8,14-15,17-18,20-21,25,28,30,32,39H,1-2,9-13,16,19,22-24H2,3-6H3,(H,40,42)/t25-,28+,30-,32+,37+,47-/m1/s1. The Morgan fingerprint density at radius 3 is 2.65 bits per heavy atom.